The van der Waals surface area contributed by atoms with Crippen LogP contribution in [-0.4, -0.2) is 24.9 Å². The Hall–Kier alpha value is -0.800. The minimum absolute atomic E-state index is 0.154. The van der Waals surface area contributed by atoms with Crippen LogP contribution in [0.4, 0.5) is 0 Å². The van der Waals surface area contributed by atoms with Crippen LogP contribution in [0.1, 0.15) is 0 Å². The molecule has 0 amide bonds. The number of fused-ring (bicyclic) bond motifs is 1. The second kappa shape index (κ2) is 3.29. The largest absolute Gasteiger partial charge is 0.473 e. The van der Waals surface area contributed by atoms with Crippen molar-refractivity contribution in [2.45, 2.75) is 0 Å². The quantitative estimate of drug-likeness (QED) is 0.625. The van der Waals surface area contributed by atoms with E-state index in [1.807, 2.05) is 6.08 Å². The third-order valence-corrected chi connectivity index (χ3v) is 2.39. The van der Waals surface area contributed by atoms with Crippen molar-refractivity contribution in [3.05, 3.63) is 24.2 Å². The summed E-state index contributed by atoms with van der Waals surface area (Å²) in [4.78, 5) is 0. The lowest BCUT2D eigenvalue weighted by atomic mass is 9.89. The summed E-state index contributed by atoms with van der Waals surface area (Å²) in [5.74, 6) is 0.468. The molecule has 3 nitrogen and oxygen atoms in total. The molecule has 66 valence electrons. The first kappa shape index (κ1) is 7.83. The highest BCUT2D eigenvalue weighted by Crippen LogP contribution is 2.29. The monoisotopic (exact) mass is 168 g/mol. The van der Waals surface area contributed by atoms with Gasteiger partial charge in [0.05, 0.1) is 32.3 Å². The smallest absolute Gasteiger partial charge is 0.0920 e. The second-order valence-corrected chi connectivity index (χ2v) is 3.13. The maximum atomic E-state index is 9.07. The van der Waals surface area contributed by atoms with Crippen LogP contribution >= 0.6 is 0 Å². The molecule has 2 aliphatic heterocycles. The lowest BCUT2D eigenvalue weighted by Gasteiger charge is -2.14. The van der Waals surface area contributed by atoms with Crippen LogP contribution < -0.4 is 0 Å². The Morgan fingerprint density at radius 3 is 3.33 bits per heavy atom. The summed E-state index contributed by atoms with van der Waals surface area (Å²) >= 11 is 0. The first-order valence-corrected chi connectivity index (χ1v) is 4.11. The van der Waals surface area contributed by atoms with E-state index in [1.54, 1.807) is 12.5 Å². The number of aliphatic hydroxyl groups is 1. The molecule has 2 aliphatic rings. The predicted octanol–water partition coefficient (Wildman–Crippen LogP) is 0.669. The molecule has 1 saturated heterocycles. The van der Waals surface area contributed by atoms with Crippen LogP contribution in [0, 0.1) is 11.8 Å². The molecule has 12 heavy (non-hydrogen) atoms. The lowest BCUT2D eigenvalue weighted by Crippen LogP contribution is -2.17. The molecule has 2 atom stereocenters. The SMILES string of the molecule is OCC1C=COC=C2COCC21. The van der Waals surface area contributed by atoms with E-state index in [0.717, 1.165) is 5.57 Å². The van der Waals surface area contributed by atoms with E-state index in [1.165, 1.54) is 0 Å². The van der Waals surface area contributed by atoms with Crippen molar-refractivity contribution in [3.63, 3.8) is 0 Å². The van der Waals surface area contributed by atoms with Crippen molar-refractivity contribution >= 4 is 0 Å². The molecular weight excluding hydrogens is 156 g/mol. The number of hydrogen-bond acceptors (Lipinski definition) is 3. The average Bonchev–Trinajstić information content (AvgIpc) is 2.46. The Bertz CT molecular complexity index is 220. The molecule has 0 spiro atoms. The second-order valence-electron chi connectivity index (χ2n) is 3.13. The van der Waals surface area contributed by atoms with E-state index in [4.69, 9.17) is 14.6 Å². The van der Waals surface area contributed by atoms with E-state index in [-0.39, 0.29) is 12.5 Å². The first-order valence-electron chi connectivity index (χ1n) is 4.11. The Kier molecular flexibility index (Phi) is 2.15. The van der Waals surface area contributed by atoms with Gasteiger partial charge in [0.25, 0.3) is 0 Å². The van der Waals surface area contributed by atoms with Gasteiger partial charge in [-0.15, -0.1) is 0 Å². The van der Waals surface area contributed by atoms with E-state index in [2.05, 4.69) is 0 Å². The van der Waals surface area contributed by atoms with Gasteiger partial charge in [0, 0.05) is 11.8 Å². The summed E-state index contributed by atoms with van der Waals surface area (Å²) in [5.41, 5.74) is 1.15. The van der Waals surface area contributed by atoms with Crippen molar-refractivity contribution in [2.75, 3.05) is 19.8 Å². The molecule has 0 aromatic carbocycles. The van der Waals surface area contributed by atoms with Gasteiger partial charge in [-0.25, -0.2) is 0 Å². The van der Waals surface area contributed by atoms with Gasteiger partial charge in [0.15, 0.2) is 0 Å². The maximum absolute atomic E-state index is 9.07. The van der Waals surface area contributed by atoms with Crippen LogP contribution in [-0.2, 0) is 9.47 Å². The molecule has 0 aliphatic carbocycles. The maximum Gasteiger partial charge on any atom is 0.0920 e. The Morgan fingerprint density at radius 2 is 2.50 bits per heavy atom. The molecule has 1 fully saturated rings. The number of aliphatic hydroxyl groups excluding tert-OH is 1. The van der Waals surface area contributed by atoms with Gasteiger partial charge in [0.2, 0.25) is 0 Å². The van der Waals surface area contributed by atoms with Crippen LogP contribution in [0.15, 0.2) is 24.2 Å². The fraction of sp³-hybridized carbons (Fsp3) is 0.556. The van der Waals surface area contributed by atoms with Crippen molar-refractivity contribution in [3.8, 4) is 0 Å². The van der Waals surface area contributed by atoms with Crippen LogP contribution in [0.3, 0.4) is 0 Å². The summed E-state index contributed by atoms with van der Waals surface area (Å²) in [6, 6.07) is 0. The van der Waals surface area contributed by atoms with Crippen molar-refractivity contribution in [2.24, 2.45) is 11.8 Å². The fourth-order valence-electron chi connectivity index (χ4n) is 1.63. The topological polar surface area (TPSA) is 38.7 Å². The van der Waals surface area contributed by atoms with Gasteiger partial charge in [-0.1, -0.05) is 0 Å². The molecule has 0 bridgehead atoms. The third-order valence-electron chi connectivity index (χ3n) is 2.39. The molecular formula is C9H12O3. The summed E-state index contributed by atoms with van der Waals surface area (Å²) in [7, 11) is 0. The molecule has 0 saturated carbocycles. The molecule has 2 rings (SSSR count). The summed E-state index contributed by atoms with van der Waals surface area (Å²) in [6.45, 7) is 1.50. The predicted molar refractivity (Wildman–Crippen MR) is 43.2 cm³/mol. The number of rotatable bonds is 1. The molecule has 2 heterocycles. The average molecular weight is 168 g/mol. The van der Waals surface area contributed by atoms with Crippen molar-refractivity contribution in [1.29, 1.82) is 0 Å². The zero-order valence-corrected chi connectivity index (χ0v) is 6.77. The van der Waals surface area contributed by atoms with Gasteiger partial charge in [0.1, 0.15) is 0 Å². The van der Waals surface area contributed by atoms with Gasteiger partial charge < -0.3 is 14.6 Å². The zero-order valence-electron chi connectivity index (χ0n) is 6.77. The van der Waals surface area contributed by atoms with Gasteiger partial charge >= 0.3 is 0 Å². The molecule has 1 N–H and O–H groups in total. The van der Waals surface area contributed by atoms with Crippen molar-refractivity contribution < 1.29 is 14.6 Å². The standard InChI is InChI=1S/C9H12O3/c10-3-7-1-2-11-4-8-5-12-6-9(7)8/h1-2,4,7,9-10H,3,5-6H2. The lowest BCUT2D eigenvalue weighted by molar-refractivity contribution is 0.156. The normalized spacial score (nSPS) is 33.6. The summed E-state index contributed by atoms with van der Waals surface area (Å²) < 4.78 is 10.4. The minimum Gasteiger partial charge on any atom is -0.473 e. The van der Waals surface area contributed by atoms with Gasteiger partial charge in [-0.2, -0.15) is 0 Å². The van der Waals surface area contributed by atoms with Crippen molar-refractivity contribution in [1.82, 2.24) is 0 Å². The minimum atomic E-state index is 0.154. The molecule has 2 unspecified atom stereocenters. The summed E-state index contributed by atoms with van der Waals surface area (Å²) in [6.07, 6.45) is 5.25. The highest BCUT2D eigenvalue weighted by molar-refractivity contribution is 5.15. The molecule has 0 aromatic heterocycles. The zero-order chi connectivity index (χ0) is 8.39. The molecule has 3 heteroatoms. The molecule has 0 radical (unpaired) electrons. The molecule has 0 aromatic rings. The van der Waals surface area contributed by atoms with Crippen LogP contribution in [0.25, 0.3) is 0 Å². The summed E-state index contributed by atoms with van der Waals surface area (Å²) in [5, 5.41) is 9.07. The Labute approximate surface area is 71.3 Å². The first-order chi connectivity index (χ1) is 5.92. The van der Waals surface area contributed by atoms with E-state index in [0.29, 0.717) is 19.1 Å². The van der Waals surface area contributed by atoms with E-state index < -0.39 is 0 Å². The fourth-order valence-corrected chi connectivity index (χ4v) is 1.63. The van der Waals surface area contributed by atoms with E-state index >= 15 is 0 Å². The van der Waals surface area contributed by atoms with E-state index in [9.17, 15) is 0 Å². The third kappa shape index (κ3) is 1.26. The van der Waals surface area contributed by atoms with Gasteiger partial charge in [-0.05, 0) is 11.6 Å². The number of ether oxygens (including phenoxy) is 2. The Balaban J connectivity index is 2.19. The highest BCUT2D eigenvalue weighted by Gasteiger charge is 2.29. The van der Waals surface area contributed by atoms with Crippen LogP contribution in [0.5, 0.6) is 0 Å². The highest BCUT2D eigenvalue weighted by atomic mass is 16.5. The van der Waals surface area contributed by atoms with Crippen LogP contribution in [0.2, 0.25) is 0 Å². The Morgan fingerprint density at radius 1 is 1.58 bits per heavy atom. The number of hydrogen-bond donors (Lipinski definition) is 1. The van der Waals surface area contributed by atoms with Gasteiger partial charge in [-0.3, -0.25) is 0 Å².